The van der Waals surface area contributed by atoms with E-state index in [0.29, 0.717) is 18.4 Å². The molecule has 3 rings (SSSR count). The molecular formula is C20H31NO4. The third-order valence-electron chi connectivity index (χ3n) is 5.39. The number of aliphatic hydroxyl groups excluding tert-OH is 1. The molecule has 0 radical (unpaired) electrons. The average molecular weight is 352 g/mol. The van der Waals surface area contributed by atoms with Crippen molar-refractivity contribution >= 4 is 0 Å². The molecule has 1 aliphatic carbocycles. The van der Waals surface area contributed by atoms with Gasteiger partial charge >= 0.3 is 0 Å². The van der Waals surface area contributed by atoms with Crippen LogP contribution in [0.3, 0.4) is 0 Å². The average Bonchev–Trinajstić information content (AvgIpc) is 3.08. The zero-order valence-corrected chi connectivity index (χ0v) is 14.9. The second kappa shape index (κ2) is 8.88. The Hall–Kier alpha value is -1.30. The molecule has 2 aliphatic rings. The van der Waals surface area contributed by atoms with E-state index in [2.05, 4.69) is 4.90 Å². The number of methoxy groups -OCH3 is 2. The van der Waals surface area contributed by atoms with Gasteiger partial charge in [0.15, 0.2) is 11.5 Å². The smallest absolute Gasteiger partial charge is 0.160 e. The zero-order valence-electron chi connectivity index (χ0n) is 17.9. The first-order valence-corrected chi connectivity index (χ1v) is 9.25. The summed E-state index contributed by atoms with van der Waals surface area (Å²) in [5.41, 5.74) is 1.01. The fourth-order valence-electron chi connectivity index (χ4n) is 4.04. The summed E-state index contributed by atoms with van der Waals surface area (Å²) in [5.74, 6) is 0.627. The lowest BCUT2D eigenvalue weighted by molar-refractivity contribution is -0.0316. The number of β-amino-alcohol motifs (C(OH)–C–C–N with tert-alkyl or cyclic N) is 1. The molecule has 3 atom stereocenters. The summed E-state index contributed by atoms with van der Waals surface area (Å²) in [6.07, 6.45) is 6.18. The number of hydrogen-bond donors (Lipinski definition) is 1. The molecule has 1 N–H and O–H groups in total. The third kappa shape index (κ3) is 4.66. The lowest BCUT2D eigenvalue weighted by Gasteiger charge is -2.37. The molecule has 0 amide bonds. The van der Waals surface area contributed by atoms with E-state index in [1.807, 2.05) is 6.07 Å². The highest BCUT2D eigenvalue weighted by Crippen LogP contribution is 2.30. The Bertz CT molecular complexity index is 640. The van der Waals surface area contributed by atoms with Gasteiger partial charge in [-0.05, 0) is 43.4 Å². The Labute approximate surface area is 155 Å². The predicted octanol–water partition coefficient (Wildman–Crippen LogP) is 2.64. The van der Waals surface area contributed by atoms with Gasteiger partial charge < -0.3 is 19.3 Å². The Morgan fingerprint density at radius 3 is 2.84 bits per heavy atom. The van der Waals surface area contributed by atoms with Crippen molar-refractivity contribution in [1.29, 1.82) is 0 Å². The lowest BCUT2D eigenvalue weighted by Crippen LogP contribution is -2.46. The maximum absolute atomic E-state index is 9.84. The standard InChI is InChI=1S/C20H31NO4/c1-23-19-8-7-15(13-20(19)24-2)10-12-25-18-6-4-3-5-17(18)21-11-9-16(22)14-21/h7-8,13,16-18,22H,3-6,9-12,14H2,1-2H3/t16-,17-,18-/m1/s1/i1D3. The quantitative estimate of drug-likeness (QED) is 0.818. The molecule has 0 spiro atoms. The topological polar surface area (TPSA) is 51.2 Å². The fraction of sp³-hybridized carbons (Fsp3) is 0.700. The van der Waals surface area contributed by atoms with Gasteiger partial charge in [-0.15, -0.1) is 0 Å². The monoisotopic (exact) mass is 352 g/mol. The van der Waals surface area contributed by atoms with Crippen molar-refractivity contribution in [2.75, 3.05) is 33.8 Å². The number of aliphatic hydroxyl groups is 1. The molecule has 1 aromatic rings. The van der Waals surface area contributed by atoms with Gasteiger partial charge in [0.2, 0.25) is 0 Å². The molecule has 0 aromatic heterocycles. The van der Waals surface area contributed by atoms with Gasteiger partial charge in [-0.1, -0.05) is 18.9 Å². The highest BCUT2D eigenvalue weighted by molar-refractivity contribution is 5.42. The summed E-state index contributed by atoms with van der Waals surface area (Å²) in [4.78, 5) is 2.39. The summed E-state index contributed by atoms with van der Waals surface area (Å²) in [6, 6.07) is 5.69. The van der Waals surface area contributed by atoms with Crippen molar-refractivity contribution in [1.82, 2.24) is 4.90 Å². The van der Waals surface area contributed by atoms with Crippen molar-refractivity contribution in [3.8, 4) is 11.5 Å². The summed E-state index contributed by atoms with van der Waals surface area (Å²) in [7, 11) is -1.00. The van der Waals surface area contributed by atoms with E-state index in [-0.39, 0.29) is 18.0 Å². The zero-order chi connectivity index (χ0) is 20.1. The predicted molar refractivity (Wildman–Crippen MR) is 97.4 cm³/mol. The molecule has 5 nitrogen and oxygen atoms in total. The van der Waals surface area contributed by atoms with Crippen LogP contribution in [0, 0.1) is 0 Å². The van der Waals surface area contributed by atoms with Crippen molar-refractivity contribution < 1.29 is 23.4 Å². The van der Waals surface area contributed by atoms with E-state index < -0.39 is 7.04 Å². The molecule has 0 bridgehead atoms. The van der Waals surface area contributed by atoms with Crippen LogP contribution in [0.1, 0.15) is 41.8 Å². The van der Waals surface area contributed by atoms with Crippen LogP contribution in [-0.2, 0) is 11.2 Å². The molecule has 1 saturated carbocycles. The Morgan fingerprint density at radius 1 is 1.20 bits per heavy atom. The van der Waals surface area contributed by atoms with E-state index in [9.17, 15) is 5.11 Å². The first-order chi connectivity index (χ1) is 13.4. The third-order valence-corrected chi connectivity index (χ3v) is 5.39. The van der Waals surface area contributed by atoms with E-state index in [0.717, 1.165) is 44.3 Å². The van der Waals surface area contributed by atoms with Crippen LogP contribution in [0.15, 0.2) is 18.2 Å². The van der Waals surface area contributed by atoms with Gasteiger partial charge in [0, 0.05) is 19.1 Å². The Balaban J connectivity index is 1.54. The molecule has 25 heavy (non-hydrogen) atoms. The van der Waals surface area contributed by atoms with Crippen molar-refractivity contribution in [3.63, 3.8) is 0 Å². The van der Waals surface area contributed by atoms with Crippen molar-refractivity contribution in [3.05, 3.63) is 23.8 Å². The van der Waals surface area contributed by atoms with E-state index in [4.69, 9.17) is 18.3 Å². The van der Waals surface area contributed by atoms with Crippen LogP contribution < -0.4 is 9.47 Å². The molecule has 140 valence electrons. The molecule has 1 aromatic carbocycles. The SMILES string of the molecule is [2H]C([2H])([2H])Oc1ccc(CCO[C@@H]2CCCC[C@H]2N2CC[C@@H](O)C2)cc1OC. The number of hydrogen-bond acceptors (Lipinski definition) is 5. The van der Waals surface area contributed by atoms with Crippen molar-refractivity contribution in [2.24, 2.45) is 0 Å². The van der Waals surface area contributed by atoms with Gasteiger partial charge in [-0.2, -0.15) is 0 Å². The van der Waals surface area contributed by atoms with Gasteiger partial charge in [0.1, 0.15) is 0 Å². The number of benzene rings is 1. The van der Waals surface area contributed by atoms with Gasteiger partial charge in [-0.25, -0.2) is 0 Å². The normalized spacial score (nSPS) is 29.7. The van der Waals surface area contributed by atoms with Gasteiger partial charge in [-0.3, -0.25) is 4.90 Å². The molecule has 1 aliphatic heterocycles. The minimum absolute atomic E-state index is 0.203. The van der Waals surface area contributed by atoms with Crippen LogP contribution in [0.25, 0.3) is 0 Å². The minimum Gasteiger partial charge on any atom is -0.493 e. The van der Waals surface area contributed by atoms with E-state index >= 15 is 0 Å². The molecule has 5 heteroatoms. The van der Waals surface area contributed by atoms with E-state index in [1.165, 1.54) is 20.0 Å². The van der Waals surface area contributed by atoms with Crippen LogP contribution in [0.2, 0.25) is 0 Å². The molecule has 2 fully saturated rings. The van der Waals surface area contributed by atoms with Crippen molar-refractivity contribution in [2.45, 2.75) is 56.8 Å². The summed E-state index contributed by atoms with van der Waals surface area (Å²) in [5, 5.41) is 9.84. The molecular weight excluding hydrogens is 318 g/mol. The largest absolute Gasteiger partial charge is 0.493 e. The number of ether oxygens (including phenoxy) is 3. The fourth-order valence-corrected chi connectivity index (χ4v) is 4.04. The van der Waals surface area contributed by atoms with Gasteiger partial charge in [0.05, 0.1) is 37.1 Å². The Morgan fingerprint density at radius 2 is 2.08 bits per heavy atom. The highest BCUT2D eigenvalue weighted by Gasteiger charge is 2.34. The first kappa shape index (κ1) is 14.8. The number of rotatable bonds is 7. The van der Waals surface area contributed by atoms with Crippen LogP contribution in [0.5, 0.6) is 11.5 Å². The van der Waals surface area contributed by atoms with Crippen LogP contribution in [0.4, 0.5) is 0 Å². The maximum atomic E-state index is 9.84. The molecule has 0 unspecified atom stereocenters. The number of nitrogens with zero attached hydrogens (tertiary/aromatic N) is 1. The summed E-state index contributed by atoms with van der Waals surface area (Å²) < 4.78 is 38.2. The summed E-state index contributed by atoms with van der Waals surface area (Å²) >= 11 is 0. The summed E-state index contributed by atoms with van der Waals surface area (Å²) in [6.45, 7) is 2.31. The first-order valence-electron chi connectivity index (χ1n) is 10.8. The minimum atomic E-state index is -2.50. The molecule has 1 heterocycles. The Kier molecular flexibility index (Phi) is 5.26. The van der Waals surface area contributed by atoms with Crippen LogP contribution >= 0.6 is 0 Å². The molecule has 1 saturated heterocycles. The maximum Gasteiger partial charge on any atom is 0.160 e. The van der Waals surface area contributed by atoms with E-state index in [1.54, 1.807) is 12.1 Å². The van der Waals surface area contributed by atoms with Crippen LogP contribution in [-0.4, -0.2) is 62.1 Å². The highest BCUT2D eigenvalue weighted by atomic mass is 16.5. The lowest BCUT2D eigenvalue weighted by atomic mass is 9.91. The second-order valence-electron chi connectivity index (χ2n) is 7.04. The van der Waals surface area contributed by atoms with Gasteiger partial charge in [0.25, 0.3) is 0 Å². The number of likely N-dealkylation sites (tertiary alicyclic amines) is 1. The second-order valence-corrected chi connectivity index (χ2v) is 7.04.